The number of aliphatic hydroxyl groups excluding tert-OH is 1. The van der Waals surface area contributed by atoms with E-state index in [2.05, 4.69) is 27.8 Å². The first kappa shape index (κ1) is 14.3. The number of rotatable bonds is 6. The van der Waals surface area contributed by atoms with Crippen molar-refractivity contribution in [3.63, 3.8) is 0 Å². The lowest BCUT2D eigenvalue weighted by Crippen LogP contribution is -2.27. The smallest absolute Gasteiger partial charge is 0.142 e. The fourth-order valence-corrected chi connectivity index (χ4v) is 2.11. The van der Waals surface area contributed by atoms with E-state index in [0.717, 1.165) is 28.9 Å². The Hall–Kier alpha value is -0.740. The molecule has 0 saturated carbocycles. The SMILES string of the molecule is CCC(CO)CN(C)c1cc(Br)ccc1OC. The van der Waals surface area contributed by atoms with E-state index in [0.29, 0.717) is 5.92 Å². The molecule has 0 aromatic heterocycles. The number of aliphatic hydroxyl groups is 1. The summed E-state index contributed by atoms with van der Waals surface area (Å²) in [6.07, 6.45) is 0.969. The molecule has 0 fully saturated rings. The first-order valence-electron chi connectivity index (χ1n) is 5.77. The van der Waals surface area contributed by atoms with Crippen molar-refractivity contribution in [1.29, 1.82) is 0 Å². The highest BCUT2D eigenvalue weighted by atomic mass is 79.9. The van der Waals surface area contributed by atoms with Crippen LogP contribution in [0.2, 0.25) is 0 Å². The predicted octanol–water partition coefficient (Wildman–Crippen LogP) is 2.91. The van der Waals surface area contributed by atoms with Crippen LogP contribution in [-0.4, -0.2) is 32.4 Å². The zero-order chi connectivity index (χ0) is 12.8. The van der Waals surface area contributed by atoms with Gasteiger partial charge in [-0.25, -0.2) is 0 Å². The number of ether oxygens (including phenoxy) is 1. The van der Waals surface area contributed by atoms with Crippen molar-refractivity contribution in [1.82, 2.24) is 0 Å². The molecule has 96 valence electrons. The Morgan fingerprint density at radius 1 is 1.47 bits per heavy atom. The van der Waals surface area contributed by atoms with E-state index >= 15 is 0 Å². The van der Waals surface area contributed by atoms with Gasteiger partial charge in [0.2, 0.25) is 0 Å². The third kappa shape index (κ3) is 3.89. The van der Waals surface area contributed by atoms with Gasteiger partial charge in [0.05, 0.1) is 12.8 Å². The van der Waals surface area contributed by atoms with Crippen LogP contribution in [0.3, 0.4) is 0 Å². The Labute approximate surface area is 112 Å². The Kier molecular flexibility index (Phi) is 5.78. The number of halogens is 1. The molecule has 0 aliphatic heterocycles. The molecule has 0 spiro atoms. The summed E-state index contributed by atoms with van der Waals surface area (Å²) >= 11 is 3.46. The van der Waals surface area contributed by atoms with E-state index in [-0.39, 0.29) is 6.61 Å². The molecule has 1 atom stereocenters. The normalized spacial score (nSPS) is 12.3. The summed E-state index contributed by atoms with van der Waals surface area (Å²) in [5.41, 5.74) is 1.04. The third-order valence-corrected chi connectivity index (χ3v) is 3.41. The summed E-state index contributed by atoms with van der Waals surface area (Å²) in [5, 5.41) is 9.24. The molecule has 0 bridgehead atoms. The summed E-state index contributed by atoms with van der Waals surface area (Å²) in [5.74, 6) is 1.15. The molecule has 1 aromatic rings. The van der Waals surface area contributed by atoms with Gasteiger partial charge in [-0.05, 0) is 30.5 Å². The van der Waals surface area contributed by atoms with Gasteiger partial charge >= 0.3 is 0 Å². The standard InChI is InChI=1S/C13H20BrNO2/c1-4-10(9-16)8-15(2)12-7-11(14)5-6-13(12)17-3/h5-7,10,16H,4,8-9H2,1-3H3. The van der Waals surface area contributed by atoms with Gasteiger partial charge in [-0.2, -0.15) is 0 Å². The van der Waals surface area contributed by atoms with Gasteiger partial charge in [-0.1, -0.05) is 22.9 Å². The highest BCUT2D eigenvalue weighted by Gasteiger charge is 2.13. The van der Waals surface area contributed by atoms with E-state index in [1.165, 1.54) is 0 Å². The second-order valence-corrected chi connectivity index (χ2v) is 5.07. The molecule has 0 aliphatic rings. The number of benzene rings is 1. The lowest BCUT2D eigenvalue weighted by molar-refractivity contribution is 0.225. The zero-order valence-corrected chi connectivity index (χ0v) is 12.2. The van der Waals surface area contributed by atoms with E-state index in [9.17, 15) is 5.11 Å². The molecule has 0 heterocycles. The molecule has 1 aromatic carbocycles. The van der Waals surface area contributed by atoms with Crippen molar-refractivity contribution < 1.29 is 9.84 Å². The Morgan fingerprint density at radius 3 is 2.71 bits per heavy atom. The van der Waals surface area contributed by atoms with Crippen LogP contribution < -0.4 is 9.64 Å². The fraction of sp³-hybridized carbons (Fsp3) is 0.538. The Bertz CT molecular complexity index is 353. The average Bonchev–Trinajstić information content (AvgIpc) is 2.35. The monoisotopic (exact) mass is 301 g/mol. The van der Waals surface area contributed by atoms with Crippen molar-refractivity contribution >= 4 is 21.6 Å². The summed E-state index contributed by atoms with van der Waals surface area (Å²) < 4.78 is 6.37. The van der Waals surface area contributed by atoms with Crippen molar-refractivity contribution in [3.05, 3.63) is 22.7 Å². The fourth-order valence-electron chi connectivity index (χ4n) is 1.76. The van der Waals surface area contributed by atoms with Gasteiger partial charge in [-0.3, -0.25) is 0 Å². The second kappa shape index (κ2) is 6.87. The van der Waals surface area contributed by atoms with E-state index < -0.39 is 0 Å². The van der Waals surface area contributed by atoms with Gasteiger partial charge in [0.1, 0.15) is 5.75 Å². The van der Waals surface area contributed by atoms with Crippen molar-refractivity contribution in [2.24, 2.45) is 5.92 Å². The minimum absolute atomic E-state index is 0.219. The topological polar surface area (TPSA) is 32.7 Å². The van der Waals surface area contributed by atoms with E-state index in [1.807, 2.05) is 25.2 Å². The zero-order valence-electron chi connectivity index (χ0n) is 10.6. The number of anilines is 1. The van der Waals surface area contributed by atoms with Gasteiger partial charge in [0.25, 0.3) is 0 Å². The van der Waals surface area contributed by atoms with Crippen LogP contribution in [0, 0.1) is 5.92 Å². The molecule has 1 rings (SSSR count). The number of hydrogen-bond acceptors (Lipinski definition) is 3. The van der Waals surface area contributed by atoms with Crippen molar-refractivity contribution in [2.45, 2.75) is 13.3 Å². The maximum absolute atomic E-state index is 9.24. The van der Waals surface area contributed by atoms with E-state index in [1.54, 1.807) is 7.11 Å². The quantitative estimate of drug-likeness (QED) is 0.877. The molecule has 1 N–H and O–H groups in total. The molecule has 1 unspecified atom stereocenters. The molecule has 0 aliphatic carbocycles. The summed E-state index contributed by atoms with van der Waals surface area (Å²) in [4.78, 5) is 2.12. The second-order valence-electron chi connectivity index (χ2n) is 4.15. The molecule has 3 nitrogen and oxygen atoms in total. The minimum atomic E-state index is 0.219. The van der Waals surface area contributed by atoms with Crippen LogP contribution in [0.15, 0.2) is 22.7 Å². The molecule has 17 heavy (non-hydrogen) atoms. The maximum atomic E-state index is 9.24. The molecular weight excluding hydrogens is 282 g/mol. The van der Waals surface area contributed by atoms with Crippen LogP contribution in [0.5, 0.6) is 5.75 Å². The van der Waals surface area contributed by atoms with Gasteiger partial charge in [-0.15, -0.1) is 0 Å². The largest absolute Gasteiger partial charge is 0.495 e. The highest BCUT2D eigenvalue weighted by Crippen LogP contribution is 2.31. The van der Waals surface area contributed by atoms with Crippen LogP contribution in [0.4, 0.5) is 5.69 Å². The average molecular weight is 302 g/mol. The van der Waals surface area contributed by atoms with Crippen LogP contribution in [0.25, 0.3) is 0 Å². The van der Waals surface area contributed by atoms with Gasteiger partial charge < -0.3 is 14.7 Å². The first-order chi connectivity index (χ1) is 8.12. The summed E-state index contributed by atoms with van der Waals surface area (Å²) in [7, 11) is 3.69. The minimum Gasteiger partial charge on any atom is -0.495 e. The molecule has 4 heteroatoms. The number of nitrogens with zero attached hydrogens (tertiary/aromatic N) is 1. The summed E-state index contributed by atoms with van der Waals surface area (Å²) in [6.45, 7) is 3.13. The summed E-state index contributed by atoms with van der Waals surface area (Å²) in [6, 6.07) is 5.93. The van der Waals surface area contributed by atoms with Crippen molar-refractivity contribution in [2.75, 3.05) is 32.2 Å². The highest BCUT2D eigenvalue weighted by molar-refractivity contribution is 9.10. The van der Waals surface area contributed by atoms with Gasteiger partial charge in [0.15, 0.2) is 0 Å². The lowest BCUT2D eigenvalue weighted by atomic mass is 10.1. The third-order valence-electron chi connectivity index (χ3n) is 2.92. The van der Waals surface area contributed by atoms with Crippen molar-refractivity contribution in [3.8, 4) is 5.75 Å². The van der Waals surface area contributed by atoms with Crippen LogP contribution >= 0.6 is 15.9 Å². The Morgan fingerprint density at radius 2 is 2.18 bits per heavy atom. The maximum Gasteiger partial charge on any atom is 0.142 e. The lowest BCUT2D eigenvalue weighted by Gasteiger charge is -2.25. The first-order valence-corrected chi connectivity index (χ1v) is 6.57. The number of hydrogen-bond donors (Lipinski definition) is 1. The molecular formula is C13H20BrNO2. The number of methoxy groups -OCH3 is 1. The Balaban J connectivity index is 2.86. The van der Waals surface area contributed by atoms with Crippen LogP contribution in [0.1, 0.15) is 13.3 Å². The van der Waals surface area contributed by atoms with Gasteiger partial charge in [0, 0.05) is 24.7 Å². The van der Waals surface area contributed by atoms with Crippen LogP contribution in [-0.2, 0) is 0 Å². The molecule has 0 amide bonds. The molecule has 0 radical (unpaired) electrons. The predicted molar refractivity (Wildman–Crippen MR) is 74.8 cm³/mol. The van der Waals surface area contributed by atoms with E-state index in [4.69, 9.17) is 4.74 Å². The molecule has 0 saturated heterocycles.